The van der Waals surface area contributed by atoms with E-state index in [9.17, 15) is 4.79 Å². The molecule has 3 aromatic rings. The van der Waals surface area contributed by atoms with Gasteiger partial charge in [-0.2, -0.15) is 0 Å². The molecule has 0 atom stereocenters. The van der Waals surface area contributed by atoms with Crippen LogP contribution in [0.25, 0.3) is 5.65 Å². The van der Waals surface area contributed by atoms with Crippen molar-refractivity contribution >= 4 is 27.4 Å². The molecular weight excluding hydrogens is 294 g/mol. The van der Waals surface area contributed by atoms with Crippen molar-refractivity contribution in [3.05, 3.63) is 64.8 Å². The monoisotopic (exact) mass is 301 g/mol. The summed E-state index contributed by atoms with van der Waals surface area (Å²) in [7, 11) is 0. The molecule has 0 radical (unpaired) electrons. The lowest BCUT2D eigenvalue weighted by molar-refractivity contribution is 0.102. The maximum absolute atomic E-state index is 12.3. The molecule has 0 aliphatic heterocycles. The number of fused-ring (bicyclic) bond motifs is 1. The van der Waals surface area contributed by atoms with Crippen molar-refractivity contribution in [2.45, 2.75) is 0 Å². The molecule has 0 fully saturated rings. The van der Waals surface area contributed by atoms with Gasteiger partial charge in [0.1, 0.15) is 17.0 Å². The zero-order chi connectivity index (χ0) is 12.5. The van der Waals surface area contributed by atoms with Crippen LogP contribution in [0, 0.1) is 0 Å². The zero-order valence-corrected chi connectivity index (χ0v) is 10.8. The highest BCUT2D eigenvalue weighted by Gasteiger charge is 2.14. The molecule has 3 heterocycles. The Morgan fingerprint density at radius 2 is 2.00 bits per heavy atom. The fourth-order valence-corrected chi connectivity index (χ4v) is 1.98. The number of ketones is 1. The number of carbonyl (C=O) groups is 1. The number of nitrogens with zero attached hydrogens (tertiary/aromatic N) is 3. The van der Waals surface area contributed by atoms with Crippen molar-refractivity contribution in [2.75, 3.05) is 0 Å². The number of aromatic nitrogens is 3. The van der Waals surface area contributed by atoms with Crippen molar-refractivity contribution in [1.29, 1.82) is 0 Å². The van der Waals surface area contributed by atoms with Gasteiger partial charge in [-0.15, -0.1) is 0 Å². The minimum Gasteiger partial charge on any atom is -0.297 e. The molecular formula is C13H8BrN3O. The first-order valence-electron chi connectivity index (χ1n) is 5.34. The first kappa shape index (κ1) is 11.1. The maximum Gasteiger partial charge on any atom is 0.229 e. The molecule has 0 saturated heterocycles. The highest BCUT2D eigenvalue weighted by Crippen LogP contribution is 2.13. The van der Waals surface area contributed by atoms with E-state index < -0.39 is 0 Å². The lowest BCUT2D eigenvalue weighted by Gasteiger charge is -2.00. The van der Waals surface area contributed by atoms with Crippen molar-refractivity contribution in [3.8, 4) is 0 Å². The molecule has 18 heavy (non-hydrogen) atoms. The summed E-state index contributed by atoms with van der Waals surface area (Å²) < 4.78 is 2.60. The van der Waals surface area contributed by atoms with Gasteiger partial charge in [-0.1, -0.05) is 6.07 Å². The van der Waals surface area contributed by atoms with Gasteiger partial charge in [0.15, 0.2) is 0 Å². The van der Waals surface area contributed by atoms with Crippen LogP contribution in [0.1, 0.15) is 16.2 Å². The Bertz CT molecular complexity index is 718. The Hall–Kier alpha value is -2.01. The van der Waals surface area contributed by atoms with E-state index in [0.717, 1.165) is 10.1 Å². The summed E-state index contributed by atoms with van der Waals surface area (Å²) in [6, 6.07) is 9.08. The SMILES string of the molecule is O=C(c1ccc(Br)cn1)c1cnc2ccccn12. The van der Waals surface area contributed by atoms with Gasteiger partial charge in [-0.25, -0.2) is 4.98 Å². The normalized spacial score (nSPS) is 10.7. The smallest absolute Gasteiger partial charge is 0.229 e. The van der Waals surface area contributed by atoms with Gasteiger partial charge in [0.2, 0.25) is 5.78 Å². The summed E-state index contributed by atoms with van der Waals surface area (Å²) in [6.07, 6.45) is 4.99. The average Bonchev–Trinajstić information content (AvgIpc) is 2.82. The first-order valence-corrected chi connectivity index (χ1v) is 6.13. The number of hydrogen-bond acceptors (Lipinski definition) is 3. The second-order valence-electron chi connectivity index (χ2n) is 3.76. The molecule has 0 aliphatic carbocycles. The Morgan fingerprint density at radius 3 is 2.78 bits per heavy atom. The van der Waals surface area contributed by atoms with E-state index in [4.69, 9.17) is 0 Å². The van der Waals surface area contributed by atoms with Gasteiger partial charge in [-0.05, 0) is 40.2 Å². The lowest BCUT2D eigenvalue weighted by atomic mass is 10.2. The Labute approximate surface area is 111 Å². The topological polar surface area (TPSA) is 47.3 Å². The van der Waals surface area contributed by atoms with Crippen LogP contribution in [0.3, 0.4) is 0 Å². The average molecular weight is 302 g/mol. The molecule has 0 spiro atoms. The molecule has 0 unspecified atom stereocenters. The van der Waals surface area contributed by atoms with Crippen molar-refractivity contribution in [2.24, 2.45) is 0 Å². The minimum absolute atomic E-state index is 0.138. The second-order valence-corrected chi connectivity index (χ2v) is 4.68. The maximum atomic E-state index is 12.3. The number of halogens is 1. The summed E-state index contributed by atoms with van der Waals surface area (Å²) in [6.45, 7) is 0. The largest absolute Gasteiger partial charge is 0.297 e. The fraction of sp³-hybridized carbons (Fsp3) is 0. The van der Waals surface area contributed by atoms with E-state index in [1.54, 1.807) is 28.9 Å². The van der Waals surface area contributed by atoms with E-state index in [2.05, 4.69) is 25.9 Å². The molecule has 88 valence electrons. The van der Waals surface area contributed by atoms with E-state index in [0.29, 0.717) is 11.4 Å². The van der Waals surface area contributed by atoms with Crippen LogP contribution in [0.2, 0.25) is 0 Å². The van der Waals surface area contributed by atoms with Crippen LogP contribution in [0.5, 0.6) is 0 Å². The van der Waals surface area contributed by atoms with Gasteiger partial charge in [-0.3, -0.25) is 14.2 Å². The lowest BCUT2D eigenvalue weighted by Crippen LogP contribution is -2.06. The molecule has 0 amide bonds. The van der Waals surface area contributed by atoms with Crippen molar-refractivity contribution in [1.82, 2.24) is 14.4 Å². The van der Waals surface area contributed by atoms with Crippen LogP contribution in [-0.2, 0) is 0 Å². The van der Waals surface area contributed by atoms with Crippen molar-refractivity contribution in [3.63, 3.8) is 0 Å². The molecule has 0 N–H and O–H groups in total. The van der Waals surface area contributed by atoms with Gasteiger partial charge in [0.05, 0.1) is 6.20 Å². The Kier molecular flexibility index (Phi) is 2.68. The predicted octanol–water partition coefficient (Wildman–Crippen LogP) is 2.72. The summed E-state index contributed by atoms with van der Waals surface area (Å²) in [4.78, 5) is 20.6. The summed E-state index contributed by atoms with van der Waals surface area (Å²) in [5, 5.41) is 0. The Balaban J connectivity index is 2.09. The molecule has 0 saturated carbocycles. The minimum atomic E-state index is -0.138. The van der Waals surface area contributed by atoms with Crippen LogP contribution in [-0.4, -0.2) is 20.2 Å². The highest BCUT2D eigenvalue weighted by molar-refractivity contribution is 9.10. The summed E-state index contributed by atoms with van der Waals surface area (Å²) in [5.74, 6) is -0.138. The molecule has 3 rings (SSSR count). The molecule has 0 bridgehead atoms. The quantitative estimate of drug-likeness (QED) is 0.684. The predicted molar refractivity (Wildman–Crippen MR) is 70.6 cm³/mol. The molecule has 5 heteroatoms. The number of pyridine rings is 2. The number of rotatable bonds is 2. The van der Waals surface area contributed by atoms with Gasteiger partial charge in [0, 0.05) is 16.9 Å². The van der Waals surface area contributed by atoms with Gasteiger partial charge in [0.25, 0.3) is 0 Å². The van der Waals surface area contributed by atoms with Gasteiger partial charge >= 0.3 is 0 Å². The van der Waals surface area contributed by atoms with E-state index in [1.807, 2.05) is 24.4 Å². The third-order valence-corrected chi connectivity index (χ3v) is 3.08. The number of carbonyl (C=O) groups excluding carboxylic acids is 1. The first-order chi connectivity index (χ1) is 8.75. The van der Waals surface area contributed by atoms with Crippen LogP contribution >= 0.6 is 15.9 Å². The fourth-order valence-electron chi connectivity index (χ4n) is 1.74. The molecule has 4 nitrogen and oxygen atoms in total. The van der Waals surface area contributed by atoms with E-state index in [1.165, 1.54) is 0 Å². The third-order valence-electron chi connectivity index (χ3n) is 2.61. The summed E-state index contributed by atoms with van der Waals surface area (Å²) >= 11 is 3.29. The van der Waals surface area contributed by atoms with Gasteiger partial charge < -0.3 is 0 Å². The number of imidazole rings is 1. The van der Waals surface area contributed by atoms with Crippen LogP contribution in [0.15, 0.2) is 53.4 Å². The Morgan fingerprint density at radius 1 is 1.11 bits per heavy atom. The molecule has 0 aromatic carbocycles. The van der Waals surface area contributed by atoms with E-state index in [-0.39, 0.29) is 5.78 Å². The standard InChI is InChI=1S/C13H8BrN3O/c14-9-4-5-10(15-7-9)13(18)11-8-16-12-3-1-2-6-17(11)12/h1-8H. The zero-order valence-electron chi connectivity index (χ0n) is 9.25. The van der Waals surface area contributed by atoms with Crippen LogP contribution < -0.4 is 0 Å². The molecule has 3 aromatic heterocycles. The molecule has 0 aliphatic rings. The highest BCUT2D eigenvalue weighted by atomic mass is 79.9. The second kappa shape index (κ2) is 4.34. The van der Waals surface area contributed by atoms with Crippen molar-refractivity contribution < 1.29 is 4.79 Å². The van der Waals surface area contributed by atoms with E-state index >= 15 is 0 Å². The van der Waals surface area contributed by atoms with Crippen LogP contribution in [0.4, 0.5) is 0 Å². The summed E-state index contributed by atoms with van der Waals surface area (Å²) in [5.41, 5.74) is 1.67. The third kappa shape index (κ3) is 1.82. The number of hydrogen-bond donors (Lipinski definition) is 0.